The van der Waals surface area contributed by atoms with Gasteiger partial charge in [-0.1, -0.05) is 72.8 Å². The van der Waals surface area contributed by atoms with Crippen LogP contribution in [0.5, 0.6) is 0 Å². The van der Waals surface area contributed by atoms with E-state index in [1.807, 2.05) is 67.0 Å². The molecule has 0 aliphatic carbocycles. The maximum atomic E-state index is 12.1. The highest BCUT2D eigenvalue weighted by atomic mass is 16.2. The summed E-state index contributed by atoms with van der Waals surface area (Å²) in [5.41, 5.74) is 3.08. The molecule has 0 unspecified atom stereocenters. The molecule has 0 bridgehead atoms. The minimum absolute atomic E-state index is 0.181. The monoisotopic (exact) mass is 382 g/mol. The molecular weight excluding hydrogens is 360 g/mol. The van der Waals surface area contributed by atoms with Crippen LogP contribution in [0.4, 0.5) is 4.79 Å². The predicted octanol–water partition coefficient (Wildman–Crippen LogP) is 4.34. The average Bonchev–Trinajstić information content (AvgIpc) is 2.79. The number of nitrogens with one attached hydrogen (secondary N) is 2. The van der Waals surface area contributed by atoms with Gasteiger partial charge >= 0.3 is 6.03 Å². The van der Waals surface area contributed by atoms with Crippen LogP contribution in [0.15, 0.2) is 85.2 Å². The van der Waals surface area contributed by atoms with Crippen LogP contribution in [0.25, 0.3) is 22.2 Å². The molecule has 0 radical (unpaired) electrons. The first-order valence-electron chi connectivity index (χ1n) is 9.64. The lowest BCUT2D eigenvalue weighted by Gasteiger charge is -2.10. The molecule has 4 rings (SSSR count). The molecule has 3 aromatic carbocycles. The maximum Gasteiger partial charge on any atom is 0.315 e. The van der Waals surface area contributed by atoms with Crippen molar-refractivity contribution in [2.75, 3.05) is 6.54 Å². The van der Waals surface area contributed by atoms with Gasteiger partial charge in [0.2, 0.25) is 0 Å². The quantitative estimate of drug-likeness (QED) is 0.521. The fourth-order valence-corrected chi connectivity index (χ4v) is 3.23. The third-order valence-electron chi connectivity index (χ3n) is 4.76. The standard InChI is InChI=1S/C24H22N4O/c29-24(28-17-21-11-6-10-19-7-4-5-12-22(19)21)25-14-13-18-15-26-23(27-16-18)20-8-2-1-3-9-20/h1-12,15-16H,13-14,17H2,(H2,25,28,29). The summed E-state index contributed by atoms with van der Waals surface area (Å²) < 4.78 is 0. The maximum absolute atomic E-state index is 12.1. The topological polar surface area (TPSA) is 66.9 Å². The lowest BCUT2D eigenvalue weighted by molar-refractivity contribution is 0.240. The molecule has 0 saturated carbocycles. The van der Waals surface area contributed by atoms with Crippen molar-refractivity contribution >= 4 is 16.8 Å². The van der Waals surface area contributed by atoms with Crippen LogP contribution in [0.1, 0.15) is 11.1 Å². The SMILES string of the molecule is O=C(NCCc1cnc(-c2ccccc2)nc1)NCc1cccc2ccccc12. The van der Waals surface area contributed by atoms with E-state index in [4.69, 9.17) is 0 Å². The highest BCUT2D eigenvalue weighted by molar-refractivity contribution is 5.86. The van der Waals surface area contributed by atoms with Gasteiger partial charge < -0.3 is 10.6 Å². The fraction of sp³-hybridized carbons (Fsp3) is 0.125. The number of aromatic nitrogens is 2. The minimum Gasteiger partial charge on any atom is -0.338 e. The Morgan fingerprint density at radius 3 is 2.34 bits per heavy atom. The van der Waals surface area contributed by atoms with Gasteiger partial charge in [-0.25, -0.2) is 14.8 Å². The predicted molar refractivity (Wildman–Crippen MR) is 115 cm³/mol. The Morgan fingerprint density at radius 2 is 1.52 bits per heavy atom. The van der Waals surface area contributed by atoms with Crippen molar-refractivity contribution < 1.29 is 4.79 Å². The summed E-state index contributed by atoms with van der Waals surface area (Å²) in [5.74, 6) is 0.704. The van der Waals surface area contributed by atoms with Crippen molar-refractivity contribution in [1.82, 2.24) is 20.6 Å². The molecule has 5 heteroatoms. The number of urea groups is 1. The zero-order valence-corrected chi connectivity index (χ0v) is 16.0. The van der Waals surface area contributed by atoms with E-state index in [-0.39, 0.29) is 6.03 Å². The summed E-state index contributed by atoms with van der Waals surface area (Å²) in [6.07, 6.45) is 4.30. The first-order valence-corrected chi connectivity index (χ1v) is 9.64. The van der Waals surface area contributed by atoms with Crippen molar-refractivity contribution in [3.05, 3.63) is 96.3 Å². The van der Waals surface area contributed by atoms with Crippen LogP contribution >= 0.6 is 0 Å². The van der Waals surface area contributed by atoms with Crippen molar-refractivity contribution in [3.8, 4) is 11.4 Å². The van der Waals surface area contributed by atoms with Crippen molar-refractivity contribution in [1.29, 1.82) is 0 Å². The molecule has 144 valence electrons. The molecule has 1 aromatic heterocycles. The van der Waals surface area contributed by atoms with Crippen LogP contribution in [-0.2, 0) is 13.0 Å². The molecule has 0 fully saturated rings. The fourth-order valence-electron chi connectivity index (χ4n) is 3.23. The van der Waals surface area contributed by atoms with E-state index in [2.05, 4.69) is 38.8 Å². The lowest BCUT2D eigenvalue weighted by Crippen LogP contribution is -2.36. The Labute approximate surface area is 169 Å². The summed E-state index contributed by atoms with van der Waals surface area (Å²) in [6.45, 7) is 1.01. The number of benzene rings is 3. The molecule has 0 saturated heterocycles. The van der Waals surface area contributed by atoms with Gasteiger partial charge in [0.05, 0.1) is 0 Å². The highest BCUT2D eigenvalue weighted by Crippen LogP contribution is 2.18. The van der Waals surface area contributed by atoms with E-state index in [0.29, 0.717) is 25.3 Å². The van der Waals surface area contributed by atoms with Crippen LogP contribution in [0.3, 0.4) is 0 Å². The van der Waals surface area contributed by atoms with Crippen LogP contribution < -0.4 is 10.6 Å². The van der Waals surface area contributed by atoms with E-state index in [1.54, 1.807) is 0 Å². The van der Waals surface area contributed by atoms with E-state index in [0.717, 1.165) is 22.1 Å². The second-order valence-corrected chi connectivity index (χ2v) is 6.78. The Kier molecular flexibility index (Phi) is 5.76. The van der Waals surface area contributed by atoms with E-state index >= 15 is 0 Å². The van der Waals surface area contributed by atoms with Gasteiger partial charge in [0.15, 0.2) is 5.82 Å². The van der Waals surface area contributed by atoms with Gasteiger partial charge in [-0.2, -0.15) is 0 Å². The Morgan fingerprint density at radius 1 is 0.793 bits per heavy atom. The number of amides is 2. The first kappa shape index (κ1) is 18.6. The van der Waals surface area contributed by atoms with Crippen LogP contribution in [-0.4, -0.2) is 22.5 Å². The molecule has 0 aliphatic heterocycles. The largest absolute Gasteiger partial charge is 0.338 e. The molecule has 2 amide bonds. The van der Waals surface area contributed by atoms with Gasteiger partial charge in [0.25, 0.3) is 0 Å². The number of carbonyl (C=O) groups excluding carboxylic acids is 1. The molecule has 1 heterocycles. The average molecular weight is 382 g/mol. The number of fused-ring (bicyclic) bond motifs is 1. The summed E-state index contributed by atoms with van der Waals surface area (Å²) in [6, 6.07) is 24.0. The smallest absolute Gasteiger partial charge is 0.315 e. The summed E-state index contributed by atoms with van der Waals surface area (Å²) >= 11 is 0. The van der Waals surface area contributed by atoms with Crippen molar-refractivity contribution in [3.63, 3.8) is 0 Å². The molecule has 0 spiro atoms. The molecular formula is C24H22N4O. The van der Waals surface area contributed by atoms with Crippen molar-refractivity contribution in [2.45, 2.75) is 13.0 Å². The third-order valence-corrected chi connectivity index (χ3v) is 4.76. The zero-order valence-electron chi connectivity index (χ0n) is 16.0. The Balaban J connectivity index is 1.26. The Bertz CT molecular complexity index is 1090. The Hall–Kier alpha value is -3.73. The lowest BCUT2D eigenvalue weighted by atomic mass is 10.0. The summed E-state index contributed by atoms with van der Waals surface area (Å²) in [7, 11) is 0. The van der Waals surface area contributed by atoms with Crippen molar-refractivity contribution in [2.24, 2.45) is 0 Å². The molecule has 4 aromatic rings. The molecule has 5 nitrogen and oxygen atoms in total. The van der Waals surface area contributed by atoms with Crippen LogP contribution in [0, 0.1) is 0 Å². The number of hydrogen-bond donors (Lipinski definition) is 2. The van der Waals surface area contributed by atoms with Gasteiger partial charge in [0, 0.05) is 31.0 Å². The van der Waals surface area contributed by atoms with Gasteiger partial charge in [-0.05, 0) is 28.3 Å². The second kappa shape index (κ2) is 8.97. The van der Waals surface area contributed by atoms with Gasteiger partial charge in [-0.3, -0.25) is 0 Å². The first-order chi connectivity index (χ1) is 14.3. The molecule has 0 atom stereocenters. The number of rotatable bonds is 6. The zero-order chi connectivity index (χ0) is 19.9. The van der Waals surface area contributed by atoms with E-state index in [9.17, 15) is 4.79 Å². The third kappa shape index (κ3) is 4.76. The van der Waals surface area contributed by atoms with Gasteiger partial charge in [0.1, 0.15) is 0 Å². The summed E-state index contributed by atoms with van der Waals surface area (Å²) in [5, 5.41) is 8.15. The summed E-state index contributed by atoms with van der Waals surface area (Å²) in [4.78, 5) is 21.0. The van der Waals surface area contributed by atoms with Crippen LogP contribution in [0.2, 0.25) is 0 Å². The van der Waals surface area contributed by atoms with E-state index in [1.165, 1.54) is 5.39 Å². The molecule has 29 heavy (non-hydrogen) atoms. The molecule has 0 aliphatic rings. The molecule has 2 N–H and O–H groups in total. The van der Waals surface area contributed by atoms with Gasteiger partial charge in [-0.15, -0.1) is 0 Å². The van der Waals surface area contributed by atoms with E-state index < -0.39 is 0 Å². The normalized spacial score (nSPS) is 10.6. The number of hydrogen-bond acceptors (Lipinski definition) is 3. The minimum atomic E-state index is -0.181. The number of nitrogens with zero attached hydrogens (tertiary/aromatic N) is 2. The number of carbonyl (C=O) groups is 1. The highest BCUT2D eigenvalue weighted by Gasteiger charge is 2.05. The second-order valence-electron chi connectivity index (χ2n) is 6.78.